The summed E-state index contributed by atoms with van der Waals surface area (Å²) in [6.45, 7) is 2.81. The first-order valence-electron chi connectivity index (χ1n) is 4.16. The van der Waals surface area contributed by atoms with Gasteiger partial charge in [0.25, 0.3) is 0 Å². The molecular weight excluding hydrogens is 154 g/mol. The van der Waals surface area contributed by atoms with Crippen molar-refractivity contribution in [2.75, 3.05) is 48.1 Å². The van der Waals surface area contributed by atoms with Crippen molar-refractivity contribution in [1.29, 1.82) is 0 Å². The van der Waals surface area contributed by atoms with E-state index in [0.29, 0.717) is 6.73 Å². The van der Waals surface area contributed by atoms with Gasteiger partial charge in [-0.25, -0.2) is 4.90 Å². The van der Waals surface area contributed by atoms with Crippen molar-refractivity contribution in [3.05, 3.63) is 0 Å². The molecule has 0 bridgehead atoms. The van der Waals surface area contributed by atoms with E-state index in [0.717, 1.165) is 13.1 Å². The summed E-state index contributed by atoms with van der Waals surface area (Å²) >= 11 is 0. The van der Waals surface area contributed by atoms with Crippen molar-refractivity contribution in [2.45, 2.75) is 0 Å². The Labute approximate surface area is 74.0 Å². The first-order chi connectivity index (χ1) is 5.66. The summed E-state index contributed by atoms with van der Waals surface area (Å²) in [5.74, 6) is 1.23. The molecule has 0 amide bonds. The van der Waals surface area contributed by atoms with E-state index >= 15 is 0 Å². The van der Waals surface area contributed by atoms with Gasteiger partial charge >= 0.3 is 5.96 Å². The summed E-state index contributed by atoms with van der Waals surface area (Å²) in [6.07, 6.45) is 0. The number of hydrogen-bond donors (Lipinski definition) is 0. The molecule has 1 rings (SSSR count). The second-order valence-corrected chi connectivity index (χ2v) is 3.30. The van der Waals surface area contributed by atoms with Gasteiger partial charge in [0.05, 0.1) is 34.2 Å². The molecule has 1 heterocycles. The van der Waals surface area contributed by atoms with Crippen molar-refractivity contribution < 1.29 is 9.31 Å². The van der Waals surface area contributed by atoms with E-state index in [-0.39, 0.29) is 0 Å². The highest BCUT2D eigenvalue weighted by Gasteiger charge is 2.31. The highest BCUT2D eigenvalue weighted by Crippen LogP contribution is 2.04. The third-order valence-electron chi connectivity index (χ3n) is 2.01. The van der Waals surface area contributed by atoms with E-state index in [1.165, 1.54) is 5.96 Å². The Morgan fingerprint density at radius 3 is 2.58 bits per heavy atom. The summed E-state index contributed by atoms with van der Waals surface area (Å²) in [4.78, 5) is 4.46. The largest absolute Gasteiger partial charge is 0.351 e. The minimum absolute atomic E-state index is 0.678. The summed E-state index contributed by atoms with van der Waals surface area (Å²) in [5.41, 5.74) is 0. The standard InChI is InChI=1S/C8H18N3O/c1-9(2)8-10(3)5-6-11(8)7-12-4/h5-7H2,1-4H3/q+1. The van der Waals surface area contributed by atoms with Crippen LogP contribution in [0.3, 0.4) is 0 Å². The van der Waals surface area contributed by atoms with Crippen molar-refractivity contribution in [2.24, 2.45) is 0 Å². The van der Waals surface area contributed by atoms with Gasteiger partial charge in [0.15, 0.2) is 6.73 Å². The predicted molar refractivity (Wildman–Crippen MR) is 48.3 cm³/mol. The number of rotatable bonds is 2. The van der Waals surface area contributed by atoms with Gasteiger partial charge in [0, 0.05) is 7.11 Å². The molecule has 0 aliphatic carbocycles. The third kappa shape index (κ3) is 1.69. The van der Waals surface area contributed by atoms with Crippen LogP contribution in [0.4, 0.5) is 0 Å². The van der Waals surface area contributed by atoms with Crippen molar-refractivity contribution in [3.8, 4) is 0 Å². The van der Waals surface area contributed by atoms with Crippen LogP contribution in [0.1, 0.15) is 0 Å². The molecule has 4 nitrogen and oxygen atoms in total. The molecule has 0 aromatic heterocycles. The topological polar surface area (TPSA) is 18.7 Å². The SMILES string of the molecule is COCN1CCN(C)C1=[N+](C)C. The Morgan fingerprint density at radius 2 is 2.08 bits per heavy atom. The van der Waals surface area contributed by atoms with E-state index in [1.807, 2.05) is 0 Å². The lowest BCUT2D eigenvalue weighted by Crippen LogP contribution is -2.38. The van der Waals surface area contributed by atoms with Crippen LogP contribution in [0.15, 0.2) is 0 Å². The molecule has 0 aromatic rings. The Morgan fingerprint density at radius 1 is 1.42 bits per heavy atom. The quantitative estimate of drug-likeness (QED) is 0.522. The predicted octanol–water partition coefficient (Wildman–Crippen LogP) is -0.534. The molecule has 12 heavy (non-hydrogen) atoms. The van der Waals surface area contributed by atoms with Crippen LogP contribution in [0.2, 0.25) is 0 Å². The lowest BCUT2D eigenvalue weighted by Gasteiger charge is -2.14. The lowest BCUT2D eigenvalue weighted by molar-refractivity contribution is -0.475. The van der Waals surface area contributed by atoms with E-state index in [1.54, 1.807) is 7.11 Å². The molecule has 0 saturated carbocycles. The smallest absolute Gasteiger partial charge is 0.351 e. The van der Waals surface area contributed by atoms with Gasteiger partial charge in [0.2, 0.25) is 0 Å². The summed E-state index contributed by atoms with van der Waals surface area (Å²) in [5, 5.41) is 0. The van der Waals surface area contributed by atoms with Crippen LogP contribution in [0.5, 0.6) is 0 Å². The van der Waals surface area contributed by atoms with Gasteiger partial charge in [-0.05, 0) is 0 Å². The monoisotopic (exact) mass is 172 g/mol. The fraction of sp³-hybridized carbons (Fsp3) is 0.875. The highest BCUT2D eigenvalue weighted by molar-refractivity contribution is 5.76. The third-order valence-corrected chi connectivity index (χ3v) is 2.01. The summed E-state index contributed by atoms with van der Waals surface area (Å²) in [6, 6.07) is 0. The van der Waals surface area contributed by atoms with Crippen LogP contribution in [-0.2, 0) is 4.74 Å². The number of ether oxygens (including phenoxy) is 1. The fourth-order valence-electron chi connectivity index (χ4n) is 1.61. The average molecular weight is 172 g/mol. The average Bonchev–Trinajstić information content (AvgIpc) is 2.32. The van der Waals surface area contributed by atoms with Gasteiger partial charge in [-0.3, -0.25) is 9.48 Å². The van der Waals surface area contributed by atoms with Gasteiger partial charge in [-0.15, -0.1) is 0 Å². The molecule has 0 spiro atoms. The maximum absolute atomic E-state index is 5.11. The van der Waals surface area contributed by atoms with Crippen LogP contribution in [-0.4, -0.2) is 68.4 Å². The number of methoxy groups -OCH3 is 1. The second kappa shape index (κ2) is 3.76. The number of nitrogens with zero attached hydrogens (tertiary/aromatic N) is 3. The molecule has 1 aliphatic heterocycles. The van der Waals surface area contributed by atoms with Crippen molar-refractivity contribution >= 4 is 5.96 Å². The maximum Gasteiger partial charge on any atom is 0.351 e. The maximum atomic E-state index is 5.11. The van der Waals surface area contributed by atoms with Gasteiger partial charge in [-0.2, -0.15) is 0 Å². The van der Waals surface area contributed by atoms with Gasteiger partial charge < -0.3 is 4.74 Å². The first kappa shape index (κ1) is 9.32. The fourth-order valence-corrected chi connectivity index (χ4v) is 1.61. The number of likely N-dealkylation sites (N-methyl/N-ethyl adjacent to an activating group) is 1. The van der Waals surface area contributed by atoms with Crippen molar-refractivity contribution in [1.82, 2.24) is 9.80 Å². The van der Waals surface area contributed by atoms with Crippen LogP contribution < -0.4 is 0 Å². The molecule has 0 radical (unpaired) electrons. The van der Waals surface area contributed by atoms with Crippen LogP contribution in [0.25, 0.3) is 0 Å². The zero-order valence-corrected chi connectivity index (χ0v) is 8.37. The zero-order chi connectivity index (χ0) is 9.14. The molecular formula is C8H18N3O+. The summed E-state index contributed by atoms with van der Waals surface area (Å²) in [7, 11) is 7.94. The lowest BCUT2D eigenvalue weighted by atomic mass is 10.6. The molecule has 0 N–H and O–H groups in total. The first-order valence-corrected chi connectivity index (χ1v) is 4.16. The molecule has 0 aromatic carbocycles. The molecule has 1 saturated heterocycles. The molecule has 4 heteroatoms. The highest BCUT2D eigenvalue weighted by atomic mass is 16.5. The van der Waals surface area contributed by atoms with Crippen molar-refractivity contribution in [3.63, 3.8) is 0 Å². The number of guanidine groups is 1. The van der Waals surface area contributed by atoms with Gasteiger partial charge in [0.1, 0.15) is 0 Å². The Bertz CT molecular complexity index is 185. The Hall–Kier alpha value is -0.770. The number of hydrogen-bond acceptors (Lipinski definition) is 1. The van der Waals surface area contributed by atoms with E-state index in [9.17, 15) is 0 Å². The molecule has 70 valence electrons. The minimum Gasteiger partial charge on any atom is -0.351 e. The van der Waals surface area contributed by atoms with Gasteiger partial charge in [-0.1, -0.05) is 0 Å². The van der Waals surface area contributed by atoms with Crippen LogP contribution >= 0.6 is 0 Å². The van der Waals surface area contributed by atoms with E-state index in [4.69, 9.17) is 4.74 Å². The summed E-state index contributed by atoms with van der Waals surface area (Å²) < 4.78 is 7.22. The zero-order valence-electron chi connectivity index (χ0n) is 8.37. The molecule has 1 aliphatic rings. The minimum atomic E-state index is 0.678. The Kier molecular flexibility index (Phi) is 2.92. The van der Waals surface area contributed by atoms with Crippen LogP contribution in [0, 0.1) is 0 Å². The molecule has 1 fully saturated rings. The normalized spacial score (nSPS) is 17.5. The molecule has 0 atom stereocenters. The Balaban J connectivity index is 2.71. The van der Waals surface area contributed by atoms with E-state index in [2.05, 4.69) is 35.5 Å². The second-order valence-electron chi connectivity index (χ2n) is 3.30. The molecule has 0 unspecified atom stereocenters. The van der Waals surface area contributed by atoms with E-state index < -0.39 is 0 Å².